The van der Waals surface area contributed by atoms with Crippen LogP contribution in [0.3, 0.4) is 0 Å². The molecule has 1 atom stereocenters. The van der Waals surface area contributed by atoms with Crippen LogP contribution in [0.2, 0.25) is 0 Å². The standard InChI is InChI=1S/C23H20N6O/c1-27-13-17-11-18(29-23(30)28-9-3-2-4-22(28)26-29)6-7-19(17)20(14-27)15-5-8-21-16(10-15)12-24-25-21/h2-12,20H,13-14H2,1H3,(H,24,25). The molecule has 0 aliphatic carbocycles. The summed E-state index contributed by atoms with van der Waals surface area (Å²) in [6.07, 6.45) is 3.61. The number of aromatic nitrogens is 5. The molecule has 2 aromatic carbocycles. The molecule has 1 aliphatic rings. The number of nitrogens with zero attached hydrogens (tertiary/aromatic N) is 5. The maximum absolute atomic E-state index is 12.8. The van der Waals surface area contributed by atoms with Gasteiger partial charge < -0.3 is 4.90 Å². The zero-order valence-electron chi connectivity index (χ0n) is 16.5. The third kappa shape index (κ3) is 2.59. The molecule has 7 heteroatoms. The van der Waals surface area contributed by atoms with E-state index in [9.17, 15) is 4.79 Å². The predicted octanol–water partition coefficient (Wildman–Crippen LogP) is 2.94. The molecular weight excluding hydrogens is 376 g/mol. The van der Waals surface area contributed by atoms with Gasteiger partial charge in [0.2, 0.25) is 0 Å². The van der Waals surface area contributed by atoms with Gasteiger partial charge in [-0.15, -0.1) is 5.10 Å². The quantitative estimate of drug-likeness (QED) is 0.498. The number of nitrogens with one attached hydrogen (secondary N) is 1. The Labute approximate surface area is 172 Å². The van der Waals surface area contributed by atoms with Crippen molar-refractivity contribution >= 4 is 16.6 Å². The van der Waals surface area contributed by atoms with Crippen LogP contribution < -0.4 is 5.69 Å². The first-order chi connectivity index (χ1) is 14.7. The van der Waals surface area contributed by atoms with E-state index in [1.807, 2.05) is 30.5 Å². The number of pyridine rings is 1. The van der Waals surface area contributed by atoms with Crippen molar-refractivity contribution in [3.63, 3.8) is 0 Å². The molecule has 1 aliphatic heterocycles. The second kappa shape index (κ2) is 6.40. The van der Waals surface area contributed by atoms with Gasteiger partial charge in [0.05, 0.1) is 17.4 Å². The van der Waals surface area contributed by atoms with E-state index in [1.165, 1.54) is 21.4 Å². The van der Waals surface area contributed by atoms with Crippen LogP contribution in [0, 0.1) is 0 Å². The fraction of sp³-hybridized carbons (Fsp3) is 0.174. The molecule has 4 heterocycles. The van der Waals surface area contributed by atoms with Crippen molar-refractivity contribution in [2.75, 3.05) is 13.6 Å². The Morgan fingerprint density at radius 1 is 1.10 bits per heavy atom. The van der Waals surface area contributed by atoms with Crippen molar-refractivity contribution in [3.05, 3.63) is 94.2 Å². The SMILES string of the molecule is CN1Cc2cc(-n3nc4ccccn4c3=O)ccc2C(c2ccc3[nH]ncc3c2)C1. The van der Waals surface area contributed by atoms with E-state index in [0.717, 1.165) is 29.7 Å². The fourth-order valence-electron chi connectivity index (χ4n) is 4.52. The first-order valence-electron chi connectivity index (χ1n) is 9.98. The number of rotatable bonds is 2. The number of hydrogen-bond donors (Lipinski definition) is 1. The van der Waals surface area contributed by atoms with E-state index in [0.29, 0.717) is 5.65 Å². The van der Waals surface area contributed by atoms with E-state index >= 15 is 0 Å². The Morgan fingerprint density at radius 3 is 2.93 bits per heavy atom. The summed E-state index contributed by atoms with van der Waals surface area (Å²) in [6, 6.07) is 18.3. The molecule has 0 saturated heterocycles. The summed E-state index contributed by atoms with van der Waals surface area (Å²) in [5, 5.41) is 12.8. The van der Waals surface area contributed by atoms with Gasteiger partial charge in [-0.05, 0) is 60.1 Å². The molecule has 0 amide bonds. The minimum Gasteiger partial charge on any atom is -0.301 e. The summed E-state index contributed by atoms with van der Waals surface area (Å²) in [4.78, 5) is 15.1. The van der Waals surface area contributed by atoms with Gasteiger partial charge in [0.25, 0.3) is 0 Å². The highest BCUT2D eigenvalue weighted by Crippen LogP contribution is 2.35. The average Bonchev–Trinajstić information content (AvgIpc) is 3.37. The van der Waals surface area contributed by atoms with Crippen LogP contribution in [0.5, 0.6) is 0 Å². The Kier molecular flexibility index (Phi) is 3.66. The molecule has 1 N–H and O–H groups in total. The van der Waals surface area contributed by atoms with Crippen LogP contribution in [0.1, 0.15) is 22.6 Å². The van der Waals surface area contributed by atoms with Crippen molar-refractivity contribution in [1.82, 2.24) is 29.3 Å². The van der Waals surface area contributed by atoms with Crippen molar-refractivity contribution in [1.29, 1.82) is 0 Å². The van der Waals surface area contributed by atoms with Gasteiger partial charge in [-0.2, -0.15) is 9.78 Å². The third-order valence-corrected chi connectivity index (χ3v) is 5.98. The lowest BCUT2D eigenvalue weighted by molar-refractivity contribution is 0.295. The number of benzene rings is 2. The monoisotopic (exact) mass is 396 g/mol. The Hall–Kier alpha value is -3.71. The zero-order valence-corrected chi connectivity index (χ0v) is 16.5. The molecule has 7 nitrogen and oxygen atoms in total. The summed E-state index contributed by atoms with van der Waals surface area (Å²) in [5.41, 5.74) is 6.13. The normalized spacial score (nSPS) is 16.9. The molecule has 5 aromatic rings. The van der Waals surface area contributed by atoms with Crippen LogP contribution in [0.25, 0.3) is 22.2 Å². The maximum atomic E-state index is 12.8. The second-order valence-electron chi connectivity index (χ2n) is 7.97. The smallest absolute Gasteiger partial charge is 0.301 e. The van der Waals surface area contributed by atoms with Crippen LogP contribution in [0.15, 0.2) is 71.8 Å². The van der Waals surface area contributed by atoms with Crippen LogP contribution in [0.4, 0.5) is 0 Å². The zero-order chi connectivity index (χ0) is 20.2. The lowest BCUT2D eigenvalue weighted by Gasteiger charge is -2.33. The minimum atomic E-state index is -0.156. The lowest BCUT2D eigenvalue weighted by Crippen LogP contribution is -2.31. The predicted molar refractivity (Wildman–Crippen MR) is 115 cm³/mol. The van der Waals surface area contributed by atoms with Gasteiger partial charge in [-0.25, -0.2) is 9.20 Å². The van der Waals surface area contributed by atoms with Crippen molar-refractivity contribution in [2.45, 2.75) is 12.5 Å². The largest absolute Gasteiger partial charge is 0.355 e. The van der Waals surface area contributed by atoms with E-state index in [1.54, 1.807) is 10.6 Å². The van der Waals surface area contributed by atoms with E-state index in [4.69, 9.17) is 0 Å². The molecular formula is C23H20N6O. The fourth-order valence-corrected chi connectivity index (χ4v) is 4.52. The van der Waals surface area contributed by atoms with Crippen molar-refractivity contribution in [2.24, 2.45) is 0 Å². The van der Waals surface area contributed by atoms with E-state index in [-0.39, 0.29) is 11.6 Å². The molecule has 0 spiro atoms. The highest BCUT2D eigenvalue weighted by molar-refractivity contribution is 5.78. The molecule has 3 aromatic heterocycles. The second-order valence-corrected chi connectivity index (χ2v) is 7.97. The molecule has 0 bridgehead atoms. The Bertz CT molecular complexity index is 1460. The third-order valence-electron chi connectivity index (χ3n) is 5.98. The van der Waals surface area contributed by atoms with Crippen LogP contribution in [-0.2, 0) is 6.54 Å². The highest BCUT2D eigenvalue weighted by atomic mass is 16.2. The number of likely N-dealkylation sites (N-methyl/N-ethyl adjacent to an activating group) is 1. The number of H-pyrrole nitrogens is 1. The molecule has 0 fully saturated rings. The van der Waals surface area contributed by atoms with Gasteiger partial charge in [0.15, 0.2) is 5.65 Å². The van der Waals surface area contributed by atoms with Gasteiger partial charge >= 0.3 is 5.69 Å². The van der Waals surface area contributed by atoms with Crippen molar-refractivity contribution < 1.29 is 0 Å². The average molecular weight is 396 g/mol. The Balaban J connectivity index is 1.46. The van der Waals surface area contributed by atoms with Crippen LogP contribution in [-0.4, -0.2) is 42.9 Å². The molecule has 0 radical (unpaired) electrons. The maximum Gasteiger partial charge on any atom is 0.355 e. The summed E-state index contributed by atoms with van der Waals surface area (Å²) in [7, 11) is 2.13. The summed E-state index contributed by atoms with van der Waals surface area (Å²) < 4.78 is 3.05. The summed E-state index contributed by atoms with van der Waals surface area (Å²) >= 11 is 0. The Morgan fingerprint density at radius 2 is 2.03 bits per heavy atom. The molecule has 0 saturated carbocycles. The summed E-state index contributed by atoms with van der Waals surface area (Å²) in [6.45, 7) is 1.79. The highest BCUT2D eigenvalue weighted by Gasteiger charge is 2.26. The van der Waals surface area contributed by atoms with E-state index < -0.39 is 0 Å². The van der Waals surface area contributed by atoms with Gasteiger partial charge in [0, 0.05) is 30.6 Å². The molecule has 30 heavy (non-hydrogen) atoms. The van der Waals surface area contributed by atoms with Gasteiger partial charge in [-0.3, -0.25) is 5.10 Å². The first-order valence-corrected chi connectivity index (χ1v) is 9.98. The van der Waals surface area contributed by atoms with Gasteiger partial charge in [-0.1, -0.05) is 18.2 Å². The topological polar surface area (TPSA) is 71.2 Å². The minimum absolute atomic E-state index is 0.156. The van der Waals surface area contributed by atoms with Crippen molar-refractivity contribution in [3.8, 4) is 5.69 Å². The number of hydrogen-bond acceptors (Lipinski definition) is 4. The number of fused-ring (bicyclic) bond motifs is 3. The van der Waals surface area contributed by atoms with E-state index in [2.05, 4.69) is 57.6 Å². The lowest BCUT2D eigenvalue weighted by atomic mass is 9.84. The molecule has 148 valence electrons. The molecule has 1 unspecified atom stereocenters. The number of aromatic amines is 1. The van der Waals surface area contributed by atoms with Gasteiger partial charge in [0.1, 0.15) is 0 Å². The van der Waals surface area contributed by atoms with Crippen LogP contribution >= 0.6 is 0 Å². The molecule has 6 rings (SSSR count). The summed E-state index contributed by atoms with van der Waals surface area (Å²) in [5.74, 6) is 0.268. The first kappa shape index (κ1) is 17.2.